The minimum atomic E-state index is -0.470. The van der Waals surface area contributed by atoms with E-state index in [1.165, 1.54) is 89.9 Å². The van der Waals surface area contributed by atoms with Crippen LogP contribution in [0.1, 0.15) is 178 Å². The first-order valence-corrected chi connectivity index (χ1v) is 25.2. The molecule has 354 valence electrons. The highest BCUT2D eigenvalue weighted by atomic mass is 16.6. The van der Waals surface area contributed by atoms with Crippen molar-refractivity contribution in [3.05, 3.63) is 54.1 Å². The van der Waals surface area contributed by atoms with E-state index < -0.39 is 5.97 Å². The lowest BCUT2D eigenvalue weighted by Crippen LogP contribution is -2.51. The van der Waals surface area contributed by atoms with E-state index >= 15 is 0 Å². The lowest BCUT2D eigenvalue weighted by molar-refractivity contribution is -0.211. The van der Waals surface area contributed by atoms with Gasteiger partial charge in [0.15, 0.2) is 0 Å². The number of rotatable bonds is 35. The molecule has 0 atom stereocenters. The summed E-state index contributed by atoms with van der Waals surface area (Å²) in [6.45, 7) is 11.7. The van der Waals surface area contributed by atoms with Gasteiger partial charge in [0.1, 0.15) is 22.8 Å². The Balaban J connectivity index is 0.805. The number of carbonyl (C=O) groups excluding carboxylic acids is 2. The maximum absolute atomic E-state index is 12.9. The molecule has 1 aliphatic carbocycles. The minimum absolute atomic E-state index is 0.0119. The number of ether oxygens (including phenoxy) is 8. The largest absolute Gasteiger partial charge is 0.494 e. The third kappa shape index (κ3) is 19.2. The second-order valence-electron chi connectivity index (χ2n) is 18.6. The number of hydrogen-bond acceptors (Lipinski definition) is 10. The maximum atomic E-state index is 12.9. The zero-order valence-electron chi connectivity index (χ0n) is 39.2. The van der Waals surface area contributed by atoms with Gasteiger partial charge in [0, 0.05) is 25.2 Å². The van der Waals surface area contributed by atoms with Crippen molar-refractivity contribution in [2.45, 2.75) is 180 Å². The quantitative estimate of drug-likeness (QED) is 0.0377. The van der Waals surface area contributed by atoms with Crippen LogP contribution >= 0.6 is 0 Å². The van der Waals surface area contributed by atoms with Gasteiger partial charge >= 0.3 is 11.9 Å². The zero-order chi connectivity index (χ0) is 44.3. The number of hydrogen-bond donors (Lipinski definition) is 0. The van der Waals surface area contributed by atoms with Gasteiger partial charge in [-0.05, 0) is 113 Å². The van der Waals surface area contributed by atoms with Gasteiger partial charge in [0.2, 0.25) is 0 Å². The molecule has 2 aliphatic heterocycles. The number of benzene rings is 2. The van der Waals surface area contributed by atoms with Gasteiger partial charge in [0.05, 0.1) is 57.2 Å². The number of esters is 2. The van der Waals surface area contributed by atoms with E-state index in [4.69, 9.17) is 37.9 Å². The molecule has 2 aromatic carbocycles. The van der Waals surface area contributed by atoms with Crippen LogP contribution in [0.3, 0.4) is 0 Å². The molecular formula is C53H82O10. The van der Waals surface area contributed by atoms with Crippen molar-refractivity contribution in [2.75, 3.05) is 59.5 Å². The fourth-order valence-electron chi connectivity index (χ4n) is 8.60. The number of carbonyl (C=O) groups is 2. The average Bonchev–Trinajstić information content (AvgIpc) is 3.28. The van der Waals surface area contributed by atoms with Crippen molar-refractivity contribution in [1.29, 1.82) is 0 Å². The van der Waals surface area contributed by atoms with E-state index in [1.807, 2.05) is 12.1 Å². The second kappa shape index (κ2) is 29.5. The van der Waals surface area contributed by atoms with Crippen LogP contribution < -0.4 is 14.2 Å². The van der Waals surface area contributed by atoms with E-state index in [1.54, 1.807) is 36.4 Å². The first-order chi connectivity index (χ1) is 30.9. The lowest BCUT2D eigenvalue weighted by Gasteiger charge is -2.40. The lowest BCUT2D eigenvalue weighted by atomic mass is 9.84. The Bertz CT molecular complexity index is 1500. The molecule has 3 aliphatic rings. The standard InChI is InChI=1S/C53H82O10/c1-3-52(40-57-41-52)39-56-35-19-15-11-7-5-8-12-16-20-36-59-46-27-23-44(24-28-46)50(54)62-48-29-25-45(26-30-48)51(55)63-49-33-31-47(32-34-49)60-37-21-17-13-9-6-10-14-18-22-38-61-53(4-2)42-58-43-53/h25-26,29-34,44,46H,3-24,27-28,35-43H2,1-2H3. The summed E-state index contributed by atoms with van der Waals surface area (Å²) < 4.78 is 46.0. The molecule has 0 unspecified atom stereocenters. The average molecular weight is 879 g/mol. The Morgan fingerprint density at radius 3 is 1.56 bits per heavy atom. The Labute approximate surface area is 380 Å². The molecule has 0 bridgehead atoms. The third-order valence-electron chi connectivity index (χ3n) is 13.5. The SMILES string of the molecule is CCC1(COCCCCCCCCCCCOC2CCC(C(=O)Oc3ccc(C(=O)Oc4ccc(OCCCCCCCCCCCOC5(CC)COC5)cc4)cc3)CC2)COC1. The summed E-state index contributed by atoms with van der Waals surface area (Å²) >= 11 is 0. The topological polar surface area (TPSA) is 108 Å². The van der Waals surface area contributed by atoms with Crippen LogP contribution in [0.5, 0.6) is 17.2 Å². The molecular weight excluding hydrogens is 797 g/mol. The van der Waals surface area contributed by atoms with Crippen molar-refractivity contribution in [3.8, 4) is 17.2 Å². The summed E-state index contributed by atoms with van der Waals surface area (Å²) in [6.07, 6.45) is 27.9. The minimum Gasteiger partial charge on any atom is -0.494 e. The molecule has 63 heavy (non-hydrogen) atoms. The van der Waals surface area contributed by atoms with Crippen LogP contribution in [-0.4, -0.2) is 83.1 Å². The van der Waals surface area contributed by atoms with Crippen LogP contribution in [0.25, 0.3) is 0 Å². The van der Waals surface area contributed by atoms with E-state index in [0.29, 0.717) is 29.1 Å². The summed E-state index contributed by atoms with van der Waals surface area (Å²) in [4.78, 5) is 25.8. The van der Waals surface area contributed by atoms with Crippen LogP contribution in [-0.2, 0) is 28.5 Å². The molecule has 10 heteroatoms. The van der Waals surface area contributed by atoms with Crippen LogP contribution in [0.4, 0.5) is 0 Å². The molecule has 2 saturated heterocycles. The molecule has 0 aromatic heterocycles. The molecule has 0 radical (unpaired) electrons. The highest BCUT2D eigenvalue weighted by Crippen LogP contribution is 2.32. The first kappa shape index (κ1) is 51.0. The Kier molecular flexibility index (Phi) is 23.9. The predicted molar refractivity (Wildman–Crippen MR) is 248 cm³/mol. The Morgan fingerprint density at radius 2 is 1.03 bits per heavy atom. The molecule has 2 heterocycles. The second-order valence-corrected chi connectivity index (χ2v) is 18.6. The molecule has 3 fully saturated rings. The van der Waals surface area contributed by atoms with E-state index in [0.717, 1.165) is 123 Å². The maximum Gasteiger partial charge on any atom is 0.343 e. The summed E-state index contributed by atoms with van der Waals surface area (Å²) in [5.74, 6) is 0.821. The van der Waals surface area contributed by atoms with E-state index in [9.17, 15) is 9.59 Å². The van der Waals surface area contributed by atoms with Gasteiger partial charge in [-0.1, -0.05) is 104 Å². The Hall–Kier alpha value is -3.02. The summed E-state index contributed by atoms with van der Waals surface area (Å²) in [5, 5.41) is 0. The molecule has 10 nitrogen and oxygen atoms in total. The van der Waals surface area contributed by atoms with E-state index in [-0.39, 0.29) is 23.6 Å². The fraction of sp³-hybridized carbons (Fsp3) is 0.736. The van der Waals surface area contributed by atoms with Crippen molar-refractivity contribution in [1.82, 2.24) is 0 Å². The Morgan fingerprint density at radius 1 is 0.540 bits per heavy atom. The van der Waals surface area contributed by atoms with Crippen molar-refractivity contribution >= 4 is 11.9 Å². The summed E-state index contributed by atoms with van der Waals surface area (Å²) in [7, 11) is 0. The normalized spacial score (nSPS) is 18.9. The fourth-order valence-corrected chi connectivity index (χ4v) is 8.60. The van der Waals surface area contributed by atoms with Gasteiger partial charge in [0.25, 0.3) is 0 Å². The van der Waals surface area contributed by atoms with Crippen molar-refractivity contribution in [2.24, 2.45) is 11.3 Å². The molecule has 0 spiro atoms. The third-order valence-corrected chi connectivity index (χ3v) is 13.5. The van der Waals surface area contributed by atoms with Gasteiger partial charge in [-0.3, -0.25) is 4.79 Å². The highest BCUT2D eigenvalue weighted by Gasteiger charge is 2.38. The van der Waals surface area contributed by atoms with E-state index in [2.05, 4.69) is 13.8 Å². The zero-order valence-corrected chi connectivity index (χ0v) is 39.2. The smallest absolute Gasteiger partial charge is 0.343 e. The number of unbranched alkanes of at least 4 members (excludes halogenated alkanes) is 16. The predicted octanol–water partition coefficient (Wildman–Crippen LogP) is 12.4. The van der Waals surface area contributed by atoms with Crippen molar-refractivity contribution in [3.63, 3.8) is 0 Å². The van der Waals surface area contributed by atoms with Crippen molar-refractivity contribution < 1.29 is 47.5 Å². The summed E-state index contributed by atoms with van der Waals surface area (Å²) in [5.41, 5.74) is 0.696. The molecule has 5 rings (SSSR count). The highest BCUT2D eigenvalue weighted by molar-refractivity contribution is 5.91. The van der Waals surface area contributed by atoms with Gasteiger partial charge in [-0.2, -0.15) is 0 Å². The summed E-state index contributed by atoms with van der Waals surface area (Å²) in [6, 6.07) is 13.7. The van der Waals surface area contributed by atoms with Gasteiger partial charge < -0.3 is 37.9 Å². The first-order valence-electron chi connectivity index (χ1n) is 25.2. The molecule has 1 saturated carbocycles. The monoisotopic (exact) mass is 879 g/mol. The van der Waals surface area contributed by atoms with Gasteiger partial charge in [-0.15, -0.1) is 0 Å². The van der Waals surface area contributed by atoms with Gasteiger partial charge in [-0.25, -0.2) is 4.79 Å². The molecule has 0 N–H and O–H groups in total. The van der Waals surface area contributed by atoms with Crippen LogP contribution in [0.15, 0.2) is 48.5 Å². The molecule has 2 aromatic rings. The molecule has 0 amide bonds. The van der Waals surface area contributed by atoms with Crippen LogP contribution in [0, 0.1) is 11.3 Å². The van der Waals surface area contributed by atoms with Crippen LogP contribution in [0.2, 0.25) is 0 Å².